The van der Waals surface area contributed by atoms with Crippen LogP contribution < -0.4 is 5.73 Å². The first kappa shape index (κ1) is 12.5. The molecule has 3 rings (SSSR count). The summed E-state index contributed by atoms with van der Waals surface area (Å²) in [7, 11) is 0. The Morgan fingerprint density at radius 1 is 1.25 bits per heavy atom. The van der Waals surface area contributed by atoms with E-state index in [1.54, 1.807) is 24.3 Å². The van der Waals surface area contributed by atoms with Crippen molar-refractivity contribution in [2.24, 2.45) is 0 Å². The maximum atomic E-state index is 13.8. The van der Waals surface area contributed by atoms with Crippen molar-refractivity contribution >= 4 is 16.7 Å². The Bertz CT molecular complexity index is 795. The number of aromatic hydroxyl groups is 1. The van der Waals surface area contributed by atoms with Gasteiger partial charge in [-0.05, 0) is 31.2 Å². The van der Waals surface area contributed by atoms with Crippen molar-refractivity contribution < 1.29 is 9.50 Å². The normalized spacial score (nSPS) is 11.1. The first-order chi connectivity index (χ1) is 9.63. The summed E-state index contributed by atoms with van der Waals surface area (Å²) in [6.45, 7) is 2.56. The zero-order valence-corrected chi connectivity index (χ0v) is 11.0. The molecule has 0 aliphatic carbocycles. The van der Waals surface area contributed by atoms with Crippen molar-refractivity contribution in [2.75, 3.05) is 5.73 Å². The zero-order valence-electron chi connectivity index (χ0n) is 11.0. The second-order valence-electron chi connectivity index (χ2n) is 4.53. The first-order valence-electron chi connectivity index (χ1n) is 6.36. The van der Waals surface area contributed by atoms with Crippen LogP contribution in [0.1, 0.15) is 6.92 Å². The van der Waals surface area contributed by atoms with Gasteiger partial charge in [-0.3, -0.25) is 0 Å². The average molecular weight is 271 g/mol. The zero-order chi connectivity index (χ0) is 14.3. The van der Waals surface area contributed by atoms with Crippen LogP contribution in [0.4, 0.5) is 10.1 Å². The van der Waals surface area contributed by atoms with Gasteiger partial charge in [0.2, 0.25) is 0 Å². The number of halogens is 1. The molecule has 4 nitrogen and oxygen atoms in total. The number of anilines is 1. The van der Waals surface area contributed by atoms with Crippen LogP contribution >= 0.6 is 0 Å². The fourth-order valence-electron chi connectivity index (χ4n) is 2.38. The van der Waals surface area contributed by atoms with Crippen molar-refractivity contribution in [3.63, 3.8) is 0 Å². The van der Waals surface area contributed by atoms with Crippen molar-refractivity contribution in [3.8, 4) is 17.1 Å². The summed E-state index contributed by atoms with van der Waals surface area (Å²) in [6, 6.07) is 9.89. The lowest BCUT2D eigenvalue weighted by Crippen LogP contribution is -1.98. The third-order valence-electron chi connectivity index (χ3n) is 3.35. The number of aromatic nitrogens is 2. The fourth-order valence-corrected chi connectivity index (χ4v) is 2.38. The molecule has 0 atom stereocenters. The molecule has 102 valence electrons. The number of aryl methyl sites for hydroxylation is 1. The minimum Gasteiger partial charge on any atom is -0.505 e. The molecule has 0 fully saturated rings. The van der Waals surface area contributed by atoms with Crippen LogP contribution in [-0.2, 0) is 6.54 Å². The average Bonchev–Trinajstić information content (AvgIpc) is 2.81. The number of benzene rings is 2. The molecule has 2 aromatic carbocycles. The lowest BCUT2D eigenvalue weighted by molar-refractivity contribution is 0.479. The molecule has 20 heavy (non-hydrogen) atoms. The van der Waals surface area contributed by atoms with Crippen molar-refractivity contribution in [2.45, 2.75) is 13.5 Å². The van der Waals surface area contributed by atoms with Gasteiger partial charge in [0.1, 0.15) is 17.1 Å². The molecule has 0 aliphatic rings. The van der Waals surface area contributed by atoms with E-state index >= 15 is 0 Å². The number of hydrogen-bond acceptors (Lipinski definition) is 3. The third-order valence-corrected chi connectivity index (χ3v) is 3.35. The van der Waals surface area contributed by atoms with Crippen LogP contribution in [0.5, 0.6) is 5.75 Å². The molecule has 0 unspecified atom stereocenters. The van der Waals surface area contributed by atoms with E-state index in [1.807, 2.05) is 17.6 Å². The van der Waals surface area contributed by atoms with E-state index in [0.717, 1.165) is 0 Å². The van der Waals surface area contributed by atoms with Gasteiger partial charge in [-0.1, -0.05) is 12.1 Å². The van der Waals surface area contributed by atoms with Gasteiger partial charge in [0.15, 0.2) is 5.82 Å². The third kappa shape index (κ3) is 1.71. The van der Waals surface area contributed by atoms with Crippen LogP contribution in [0.15, 0.2) is 36.4 Å². The summed E-state index contributed by atoms with van der Waals surface area (Å²) >= 11 is 0. The Balaban J connectivity index is 2.36. The number of phenols is 1. The van der Waals surface area contributed by atoms with Crippen LogP contribution in [0, 0.1) is 5.82 Å². The number of hydrogen-bond donors (Lipinski definition) is 2. The van der Waals surface area contributed by atoms with E-state index in [2.05, 4.69) is 4.98 Å². The van der Waals surface area contributed by atoms with Crippen LogP contribution in [-0.4, -0.2) is 14.7 Å². The summed E-state index contributed by atoms with van der Waals surface area (Å²) in [6.07, 6.45) is 0. The van der Waals surface area contributed by atoms with Gasteiger partial charge >= 0.3 is 0 Å². The molecule has 1 aromatic heterocycles. The van der Waals surface area contributed by atoms with Gasteiger partial charge in [-0.15, -0.1) is 0 Å². The smallest absolute Gasteiger partial charge is 0.151 e. The summed E-state index contributed by atoms with van der Waals surface area (Å²) in [5, 5.41) is 10.1. The number of nitrogens with two attached hydrogens (primary N) is 1. The highest BCUT2D eigenvalue weighted by molar-refractivity contribution is 5.83. The lowest BCUT2D eigenvalue weighted by atomic mass is 10.1. The van der Waals surface area contributed by atoms with E-state index < -0.39 is 0 Å². The number of phenolic OH excluding ortho intramolecular Hbond substituents is 1. The molecular weight excluding hydrogens is 257 g/mol. The molecule has 1 heterocycles. The second-order valence-corrected chi connectivity index (χ2v) is 4.53. The summed E-state index contributed by atoms with van der Waals surface area (Å²) in [4.78, 5) is 4.33. The molecule has 0 amide bonds. The molecule has 0 radical (unpaired) electrons. The number of nitrogens with zero attached hydrogens (tertiary/aromatic N) is 2. The largest absolute Gasteiger partial charge is 0.505 e. The van der Waals surface area contributed by atoms with Gasteiger partial charge in [0.25, 0.3) is 0 Å². The highest BCUT2D eigenvalue weighted by Gasteiger charge is 2.17. The minimum absolute atomic E-state index is 0.0297. The molecule has 5 heteroatoms. The maximum absolute atomic E-state index is 13.8. The number of nitrogen functional groups attached to an aromatic ring is 1. The Kier molecular flexibility index (Phi) is 2.82. The summed E-state index contributed by atoms with van der Waals surface area (Å²) in [5.74, 6) is 0.106. The Labute approximate surface area is 115 Å². The van der Waals surface area contributed by atoms with E-state index in [0.29, 0.717) is 29.0 Å². The molecular formula is C15H14FN3O. The molecule has 3 aromatic rings. The number of rotatable bonds is 2. The standard InChI is InChI=1S/C15H14FN3O/c1-2-19-12-8-4-6-10(16)13(12)18-15(19)9-5-3-7-11(17)14(9)20/h3-8,20H,2,17H2,1H3. The van der Waals surface area contributed by atoms with Gasteiger partial charge in [0, 0.05) is 6.54 Å². The van der Waals surface area contributed by atoms with Gasteiger partial charge < -0.3 is 15.4 Å². The highest BCUT2D eigenvalue weighted by atomic mass is 19.1. The Morgan fingerprint density at radius 2 is 2.00 bits per heavy atom. The highest BCUT2D eigenvalue weighted by Crippen LogP contribution is 2.35. The topological polar surface area (TPSA) is 64.1 Å². The number of fused-ring (bicyclic) bond motifs is 1. The predicted octanol–water partition coefficient (Wildman–Crippen LogP) is 3.15. The molecule has 0 saturated carbocycles. The van der Waals surface area contributed by atoms with Crippen molar-refractivity contribution in [1.29, 1.82) is 0 Å². The number of imidazole rings is 1. The molecule has 0 bridgehead atoms. The second kappa shape index (κ2) is 4.52. The summed E-state index contributed by atoms with van der Waals surface area (Å²) < 4.78 is 15.7. The van der Waals surface area contributed by atoms with Gasteiger partial charge in [-0.25, -0.2) is 9.37 Å². The van der Waals surface area contributed by atoms with Crippen LogP contribution in [0.2, 0.25) is 0 Å². The van der Waals surface area contributed by atoms with Gasteiger partial charge in [0.05, 0.1) is 16.8 Å². The SMILES string of the molecule is CCn1c(-c2cccc(N)c2O)nc2c(F)cccc21. The molecule has 0 saturated heterocycles. The lowest BCUT2D eigenvalue weighted by Gasteiger charge is -2.09. The first-order valence-corrected chi connectivity index (χ1v) is 6.36. The van der Waals surface area contributed by atoms with E-state index in [-0.39, 0.29) is 17.3 Å². The molecule has 3 N–H and O–H groups in total. The summed E-state index contributed by atoms with van der Waals surface area (Å²) in [5.41, 5.74) is 7.49. The predicted molar refractivity (Wildman–Crippen MR) is 76.9 cm³/mol. The quantitative estimate of drug-likeness (QED) is 0.556. The Morgan fingerprint density at radius 3 is 2.75 bits per heavy atom. The molecule has 0 aliphatic heterocycles. The van der Waals surface area contributed by atoms with E-state index in [4.69, 9.17) is 5.73 Å². The molecule has 0 spiro atoms. The van der Waals surface area contributed by atoms with E-state index in [1.165, 1.54) is 6.07 Å². The van der Waals surface area contributed by atoms with Crippen molar-refractivity contribution in [3.05, 3.63) is 42.2 Å². The van der Waals surface area contributed by atoms with Crippen LogP contribution in [0.25, 0.3) is 22.4 Å². The van der Waals surface area contributed by atoms with Gasteiger partial charge in [-0.2, -0.15) is 0 Å². The maximum Gasteiger partial charge on any atom is 0.151 e. The fraction of sp³-hybridized carbons (Fsp3) is 0.133. The number of para-hydroxylation sites is 2. The monoisotopic (exact) mass is 271 g/mol. The minimum atomic E-state index is -0.376. The van der Waals surface area contributed by atoms with Crippen LogP contribution in [0.3, 0.4) is 0 Å². The van der Waals surface area contributed by atoms with Crippen molar-refractivity contribution in [1.82, 2.24) is 9.55 Å². The van der Waals surface area contributed by atoms with E-state index in [9.17, 15) is 9.50 Å². The Hall–Kier alpha value is -2.56.